The summed E-state index contributed by atoms with van der Waals surface area (Å²) in [4.78, 5) is 2.10. The summed E-state index contributed by atoms with van der Waals surface area (Å²) in [6.45, 7) is 1.67. The van der Waals surface area contributed by atoms with Crippen LogP contribution in [-0.4, -0.2) is 19.0 Å². The molecule has 0 bridgehead atoms. The average Bonchev–Trinajstić information content (AvgIpc) is 2.38. The zero-order chi connectivity index (χ0) is 14.0. The van der Waals surface area contributed by atoms with Crippen molar-refractivity contribution in [3.8, 4) is 0 Å². The average molecular weight is 357 g/mol. The van der Waals surface area contributed by atoms with E-state index in [2.05, 4.69) is 20.8 Å². The first-order valence-electron chi connectivity index (χ1n) is 6.09. The molecule has 0 atom stereocenters. The number of piperidine rings is 1. The van der Waals surface area contributed by atoms with Gasteiger partial charge in [-0.25, -0.2) is 0 Å². The zero-order valence-electron chi connectivity index (χ0n) is 10.2. The van der Waals surface area contributed by atoms with Crippen molar-refractivity contribution >= 4 is 33.2 Å². The van der Waals surface area contributed by atoms with E-state index >= 15 is 0 Å². The van der Waals surface area contributed by atoms with Gasteiger partial charge in [-0.15, -0.1) is 11.6 Å². The van der Waals surface area contributed by atoms with Crippen LogP contribution in [0.4, 0.5) is 18.9 Å². The fourth-order valence-corrected chi connectivity index (χ4v) is 3.21. The quantitative estimate of drug-likeness (QED) is 0.680. The lowest BCUT2D eigenvalue weighted by Gasteiger charge is -2.33. The van der Waals surface area contributed by atoms with Crippen molar-refractivity contribution < 1.29 is 13.2 Å². The maximum Gasteiger partial charge on any atom is 0.416 e. The molecule has 1 aromatic rings. The maximum atomic E-state index is 12.6. The van der Waals surface area contributed by atoms with Crippen LogP contribution in [0, 0.1) is 5.92 Å². The minimum atomic E-state index is -4.30. The molecule has 2 rings (SSSR count). The number of rotatable bonds is 2. The van der Waals surface area contributed by atoms with Gasteiger partial charge in [-0.2, -0.15) is 13.2 Å². The van der Waals surface area contributed by atoms with Crippen LogP contribution in [0.3, 0.4) is 0 Å². The number of hydrogen-bond donors (Lipinski definition) is 0. The highest BCUT2D eigenvalue weighted by Crippen LogP contribution is 2.36. The van der Waals surface area contributed by atoms with Gasteiger partial charge in [-0.3, -0.25) is 0 Å². The second-order valence-electron chi connectivity index (χ2n) is 4.75. The minimum Gasteiger partial charge on any atom is -0.371 e. The molecule has 1 fully saturated rings. The van der Waals surface area contributed by atoms with Crippen LogP contribution in [-0.2, 0) is 6.18 Å². The summed E-state index contributed by atoms with van der Waals surface area (Å²) in [5.41, 5.74) is 0.194. The molecule has 0 aromatic heterocycles. The highest BCUT2D eigenvalue weighted by molar-refractivity contribution is 9.10. The van der Waals surface area contributed by atoms with Gasteiger partial charge in [0.2, 0.25) is 0 Å². The Morgan fingerprint density at radius 2 is 1.89 bits per heavy atom. The van der Waals surface area contributed by atoms with Crippen molar-refractivity contribution in [2.24, 2.45) is 5.92 Å². The van der Waals surface area contributed by atoms with Crippen molar-refractivity contribution in [1.29, 1.82) is 0 Å². The lowest BCUT2D eigenvalue weighted by molar-refractivity contribution is -0.137. The first-order valence-corrected chi connectivity index (χ1v) is 7.42. The fourth-order valence-electron chi connectivity index (χ4n) is 2.27. The largest absolute Gasteiger partial charge is 0.416 e. The summed E-state index contributed by atoms with van der Waals surface area (Å²) in [5, 5.41) is 0. The molecule has 0 radical (unpaired) electrons. The van der Waals surface area contributed by atoms with Crippen molar-refractivity contribution in [1.82, 2.24) is 0 Å². The summed E-state index contributed by atoms with van der Waals surface area (Å²) in [7, 11) is 0. The molecule has 1 aliphatic rings. The van der Waals surface area contributed by atoms with Crippen LogP contribution in [0.25, 0.3) is 0 Å². The molecule has 1 aliphatic heterocycles. The van der Waals surface area contributed by atoms with Crippen molar-refractivity contribution in [3.05, 3.63) is 28.2 Å². The van der Waals surface area contributed by atoms with Crippen LogP contribution in [0.15, 0.2) is 22.7 Å². The summed E-state index contributed by atoms with van der Waals surface area (Å²) < 4.78 is 38.3. The Kier molecular flexibility index (Phi) is 4.66. The third kappa shape index (κ3) is 3.57. The van der Waals surface area contributed by atoms with E-state index in [4.69, 9.17) is 11.6 Å². The molecular formula is C13H14BrClF3N. The summed E-state index contributed by atoms with van der Waals surface area (Å²) >= 11 is 9.06. The van der Waals surface area contributed by atoms with E-state index in [1.165, 1.54) is 6.07 Å². The number of halogens is 5. The van der Waals surface area contributed by atoms with E-state index in [-0.39, 0.29) is 0 Å². The molecule has 1 heterocycles. The summed E-state index contributed by atoms with van der Waals surface area (Å²) in [6.07, 6.45) is -2.33. The number of hydrogen-bond acceptors (Lipinski definition) is 1. The van der Waals surface area contributed by atoms with E-state index in [1.54, 1.807) is 0 Å². The Morgan fingerprint density at radius 3 is 2.37 bits per heavy atom. The second-order valence-corrected chi connectivity index (χ2v) is 5.91. The monoisotopic (exact) mass is 355 g/mol. The van der Waals surface area contributed by atoms with Crippen LogP contribution in [0.5, 0.6) is 0 Å². The smallest absolute Gasteiger partial charge is 0.371 e. The topological polar surface area (TPSA) is 3.24 Å². The Balaban J connectivity index is 2.14. The lowest BCUT2D eigenvalue weighted by Crippen LogP contribution is -2.34. The molecule has 6 heteroatoms. The van der Waals surface area contributed by atoms with E-state index in [1.807, 2.05) is 0 Å². The van der Waals surface area contributed by atoms with Gasteiger partial charge in [0.05, 0.1) is 11.3 Å². The third-order valence-electron chi connectivity index (χ3n) is 3.45. The molecule has 1 nitrogen and oxygen atoms in total. The maximum absolute atomic E-state index is 12.6. The van der Waals surface area contributed by atoms with E-state index in [0.717, 1.165) is 43.8 Å². The van der Waals surface area contributed by atoms with Gasteiger partial charge in [-0.1, -0.05) is 0 Å². The number of nitrogens with zero attached hydrogens (tertiary/aromatic N) is 1. The van der Waals surface area contributed by atoms with E-state index in [9.17, 15) is 13.2 Å². The van der Waals surface area contributed by atoms with Crippen LogP contribution in [0.1, 0.15) is 18.4 Å². The number of anilines is 1. The van der Waals surface area contributed by atoms with Crippen molar-refractivity contribution in [3.63, 3.8) is 0 Å². The Morgan fingerprint density at radius 1 is 1.26 bits per heavy atom. The first-order chi connectivity index (χ1) is 8.91. The third-order valence-corrected chi connectivity index (χ3v) is 4.52. The fraction of sp³-hybridized carbons (Fsp3) is 0.538. The molecule has 0 spiro atoms. The highest BCUT2D eigenvalue weighted by atomic mass is 79.9. The number of benzene rings is 1. The van der Waals surface area contributed by atoms with Crippen LogP contribution >= 0.6 is 27.5 Å². The van der Waals surface area contributed by atoms with Crippen molar-refractivity contribution in [2.45, 2.75) is 19.0 Å². The minimum absolute atomic E-state index is 0.492. The predicted octanol–water partition coefficient (Wildman–Crippen LogP) is 4.92. The standard InChI is InChI=1S/C13H14BrClF3N/c14-11-7-10(13(16,17)18)1-2-12(11)19-5-3-9(8-15)4-6-19/h1-2,7,9H,3-6,8H2. The molecule has 0 aliphatic carbocycles. The molecule has 1 aromatic carbocycles. The predicted molar refractivity (Wildman–Crippen MR) is 74.8 cm³/mol. The molecule has 1 saturated heterocycles. The van der Waals surface area contributed by atoms with Gasteiger partial charge in [0.15, 0.2) is 0 Å². The van der Waals surface area contributed by atoms with Gasteiger partial charge in [0.1, 0.15) is 0 Å². The molecule has 0 amide bonds. The Labute approximate surface area is 123 Å². The lowest BCUT2D eigenvalue weighted by atomic mass is 9.98. The first kappa shape index (κ1) is 15.0. The normalized spacial score (nSPS) is 17.8. The van der Waals surface area contributed by atoms with E-state index < -0.39 is 11.7 Å². The van der Waals surface area contributed by atoms with Crippen molar-refractivity contribution in [2.75, 3.05) is 23.9 Å². The van der Waals surface area contributed by atoms with Crippen LogP contribution in [0.2, 0.25) is 0 Å². The number of alkyl halides is 4. The zero-order valence-corrected chi connectivity index (χ0v) is 12.5. The molecular weight excluding hydrogens is 343 g/mol. The SMILES string of the molecule is FC(F)(F)c1ccc(N2CCC(CCl)CC2)c(Br)c1. The summed E-state index contributed by atoms with van der Waals surface area (Å²) in [5.74, 6) is 1.17. The molecule has 0 N–H and O–H groups in total. The summed E-state index contributed by atoms with van der Waals surface area (Å²) in [6, 6.07) is 3.81. The van der Waals surface area contributed by atoms with Gasteiger partial charge < -0.3 is 4.90 Å². The molecule has 19 heavy (non-hydrogen) atoms. The van der Waals surface area contributed by atoms with E-state index in [0.29, 0.717) is 16.3 Å². The van der Waals surface area contributed by atoms with Gasteiger partial charge in [0, 0.05) is 23.4 Å². The van der Waals surface area contributed by atoms with Crippen LogP contribution < -0.4 is 4.90 Å². The Bertz CT molecular complexity index is 442. The molecule has 0 unspecified atom stereocenters. The Hall–Kier alpha value is -0.420. The van der Waals surface area contributed by atoms with Gasteiger partial charge in [0.25, 0.3) is 0 Å². The van der Waals surface area contributed by atoms with Gasteiger partial charge >= 0.3 is 6.18 Å². The highest BCUT2D eigenvalue weighted by Gasteiger charge is 2.31. The van der Waals surface area contributed by atoms with Gasteiger partial charge in [-0.05, 0) is 52.9 Å². The second kappa shape index (κ2) is 5.92. The molecule has 106 valence electrons. The molecule has 0 saturated carbocycles.